The Morgan fingerprint density at radius 3 is 1.81 bits per heavy atom. The summed E-state index contributed by atoms with van der Waals surface area (Å²) in [4.78, 5) is 49.2. The molecule has 3 N–H and O–H groups in total. The molecular formula is C31H49NO11. The van der Waals surface area contributed by atoms with Crippen molar-refractivity contribution < 1.29 is 52.7 Å². The lowest BCUT2D eigenvalue weighted by Gasteiger charge is -2.31. The second-order valence-electron chi connectivity index (χ2n) is 11.4. The van der Waals surface area contributed by atoms with Gasteiger partial charge < -0.3 is 39.3 Å². The van der Waals surface area contributed by atoms with Gasteiger partial charge in [-0.05, 0) is 48.8 Å². The van der Waals surface area contributed by atoms with Crippen LogP contribution in [0, 0.1) is 23.7 Å². The number of rotatable bonds is 17. The summed E-state index contributed by atoms with van der Waals surface area (Å²) >= 11 is 0. The van der Waals surface area contributed by atoms with E-state index in [4.69, 9.17) is 34.2 Å². The van der Waals surface area contributed by atoms with Gasteiger partial charge in [-0.1, -0.05) is 67.4 Å². The summed E-state index contributed by atoms with van der Waals surface area (Å²) in [5.74, 6) is -2.69. The highest BCUT2D eigenvalue weighted by atomic mass is 16.7. The van der Waals surface area contributed by atoms with Crippen LogP contribution in [0.15, 0.2) is 18.2 Å². The molecule has 6 atom stereocenters. The number of carboxylic acids is 1. The molecule has 0 radical (unpaired) electrons. The molecule has 0 saturated carbocycles. The Morgan fingerprint density at radius 2 is 1.33 bits per heavy atom. The van der Waals surface area contributed by atoms with Crippen molar-refractivity contribution in [1.29, 1.82) is 0 Å². The molecule has 0 aliphatic rings. The smallest absolute Gasteiger partial charge is 0.480 e. The second kappa shape index (κ2) is 18.9. The molecule has 0 aliphatic carbocycles. The fourth-order valence-corrected chi connectivity index (χ4v) is 3.75. The lowest BCUT2D eigenvalue weighted by Crippen LogP contribution is -2.42. The van der Waals surface area contributed by atoms with E-state index in [9.17, 15) is 24.3 Å². The van der Waals surface area contributed by atoms with Gasteiger partial charge >= 0.3 is 24.4 Å². The van der Waals surface area contributed by atoms with Crippen molar-refractivity contribution in [2.24, 2.45) is 29.4 Å². The molecule has 43 heavy (non-hydrogen) atoms. The quantitative estimate of drug-likeness (QED) is 0.111. The van der Waals surface area contributed by atoms with Crippen LogP contribution in [0.5, 0.6) is 11.5 Å². The maximum atomic E-state index is 12.5. The number of carbonyl (C=O) groups excluding carboxylic acids is 3. The summed E-state index contributed by atoms with van der Waals surface area (Å²) in [6, 6.07) is 2.75. The second-order valence-corrected chi connectivity index (χ2v) is 11.4. The third kappa shape index (κ3) is 13.5. The molecule has 0 aliphatic heterocycles. The first-order valence-corrected chi connectivity index (χ1v) is 14.8. The molecular weight excluding hydrogens is 562 g/mol. The number of aliphatic carboxylic acids is 1. The Morgan fingerprint density at radius 1 is 0.791 bits per heavy atom. The minimum atomic E-state index is -1.43. The maximum Gasteiger partial charge on any atom is 0.513 e. The highest BCUT2D eigenvalue weighted by Gasteiger charge is 2.36. The van der Waals surface area contributed by atoms with Gasteiger partial charge in [-0.3, -0.25) is 4.79 Å². The molecule has 244 valence electrons. The average molecular weight is 612 g/mol. The lowest BCUT2D eigenvalue weighted by atomic mass is 9.79. The van der Waals surface area contributed by atoms with Gasteiger partial charge in [0.1, 0.15) is 12.1 Å². The van der Waals surface area contributed by atoms with E-state index in [0.29, 0.717) is 17.9 Å². The topological polar surface area (TPSA) is 170 Å². The zero-order chi connectivity index (χ0) is 32.7. The lowest BCUT2D eigenvalue weighted by molar-refractivity contribution is -0.139. The van der Waals surface area contributed by atoms with Crippen LogP contribution in [0.2, 0.25) is 0 Å². The molecule has 0 fully saturated rings. The molecule has 12 nitrogen and oxygen atoms in total. The van der Waals surface area contributed by atoms with E-state index in [2.05, 4.69) is 0 Å². The summed E-state index contributed by atoms with van der Waals surface area (Å²) in [5.41, 5.74) is 6.44. The molecule has 0 amide bonds. The standard InChI is InChI=1S/C31H49NO11/c1-9-19(5)16-39-30(36)42-24-12-11-23(15-25(24)43-31(37)40-17-20(6)10-2)26(27(32)28(33)34)21(7)22(8)41-29(35)38-14-13-18(3)4/h11-12,15,18-22,26-27H,9-10,13-14,16-17,32H2,1-8H3,(H,33,34)/t19?,20?,21?,22?,26?,27-/m0/s1. The summed E-state index contributed by atoms with van der Waals surface area (Å²) < 4.78 is 31.6. The van der Waals surface area contributed by atoms with Crippen LogP contribution in [0.1, 0.15) is 86.1 Å². The first-order chi connectivity index (χ1) is 20.2. The first kappa shape index (κ1) is 37.5. The Balaban J connectivity index is 3.33. The minimum absolute atomic E-state index is 0.0856. The number of hydrogen-bond acceptors (Lipinski definition) is 11. The third-order valence-corrected chi connectivity index (χ3v) is 7.28. The molecule has 12 heteroatoms. The Labute approximate surface area is 254 Å². The van der Waals surface area contributed by atoms with Gasteiger partial charge in [-0.2, -0.15) is 0 Å². The van der Waals surface area contributed by atoms with Crippen LogP contribution < -0.4 is 15.2 Å². The third-order valence-electron chi connectivity index (χ3n) is 7.28. The van der Waals surface area contributed by atoms with E-state index in [0.717, 1.165) is 12.8 Å². The summed E-state index contributed by atoms with van der Waals surface area (Å²) in [6.07, 6.45) is -1.50. The molecule has 5 unspecified atom stereocenters. The zero-order valence-corrected chi connectivity index (χ0v) is 26.6. The Kier molecular flexibility index (Phi) is 16.5. The summed E-state index contributed by atoms with van der Waals surface area (Å²) in [7, 11) is 0. The van der Waals surface area contributed by atoms with E-state index in [1.807, 2.05) is 41.5 Å². The monoisotopic (exact) mass is 611 g/mol. The predicted octanol–water partition coefficient (Wildman–Crippen LogP) is 6.53. The highest BCUT2D eigenvalue weighted by molar-refractivity contribution is 5.75. The molecule has 0 saturated heterocycles. The molecule has 1 aromatic rings. The number of nitrogens with two attached hydrogens (primary N) is 1. The fourth-order valence-electron chi connectivity index (χ4n) is 3.75. The maximum absolute atomic E-state index is 12.5. The normalized spacial score (nSPS) is 15.3. The highest BCUT2D eigenvalue weighted by Crippen LogP contribution is 2.37. The van der Waals surface area contributed by atoms with E-state index < -0.39 is 48.4 Å². The zero-order valence-electron chi connectivity index (χ0n) is 26.6. The van der Waals surface area contributed by atoms with Crippen molar-refractivity contribution in [3.63, 3.8) is 0 Å². The van der Waals surface area contributed by atoms with Crippen molar-refractivity contribution in [1.82, 2.24) is 0 Å². The SMILES string of the molecule is CCC(C)COC(=O)Oc1ccc(C(C(C)C(C)OC(=O)OCCC(C)C)[C@H](N)C(=O)O)cc1OC(=O)OCC(C)CC. The van der Waals surface area contributed by atoms with Gasteiger partial charge in [0.15, 0.2) is 11.5 Å². The molecule has 1 aromatic carbocycles. The van der Waals surface area contributed by atoms with Crippen molar-refractivity contribution >= 4 is 24.4 Å². The molecule has 0 spiro atoms. The Bertz CT molecular complexity index is 1040. The van der Waals surface area contributed by atoms with E-state index in [1.54, 1.807) is 13.8 Å². The fraction of sp³-hybridized carbons (Fsp3) is 0.677. The molecule has 0 heterocycles. The molecule has 1 rings (SSSR count). The van der Waals surface area contributed by atoms with Crippen LogP contribution in [-0.2, 0) is 23.7 Å². The van der Waals surface area contributed by atoms with Crippen LogP contribution in [0.3, 0.4) is 0 Å². The predicted molar refractivity (Wildman–Crippen MR) is 158 cm³/mol. The van der Waals surface area contributed by atoms with E-state index >= 15 is 0 Å². The van der Waals surface area contributed by atoms with Gasteiger partial charge in [0.05, 0.1) is 19.8 Å². The van der Waals surface area contributed by atoms with Gasteiger partial charge in [0, 0.05) is 11.8 Å². The number of benzene rings is 1. The van der Waals surface area contributed by atoms with Gasteiger partial charge in [0.2, 0.25) is 0 Å². The van der Waals surface area contributed by atoms with Gasteiger partial charge in [-0.15, -0.1) is 0 Å². The number of carbonyl (C=O) groups is 4. The van der Waals surface area contributed by atoms with Gasteiger partial charge in [-0.25, -0.2) is 14.4 Å². The van der Waals surface area contributed by atoms with Crippen LogP contribution in [-0.4, -0.2) is 61.5 Å². The van der Waals surface area contributed by atoms with Gasteiger partial charge in [0.25, 0.3) is 0 Å². The number of hydrogen-bond donors (Lipinski definition) is 2. The van der Waals surface area contributed by atoms with Crippen molar-refractivity contribution in [3.05, 3.63) is 23.8 Å². The van der Waals surface area contributed by atoms with Crippen molar-refractivity contribution in [3.8, 4) is 11.5 Å². The van der Waals surface area contributed by atoms with E-state index in [1.165, 1.54) is 18.2 Å². The van der Waals surface area contributed by atoms with Crippen molar-refractivity contribution in [2.75, 3.05) is 19.8 Å². The number of carboxylic acid groups (broad SMARTS) is 1. The molecule has 0 bridgehead atoms. The van der Waals surface area contributed by atoms with Crippen molar-refractivity contribution in [2.45, 2.75) is 92.7 Å². The summed E-state index contributed by atoms with van der Waals surface area (Å²) in [5, 5.41) is 9.80. The van der Waals surface area contributed by atoms with Crippen LogP contribution in [0.25, 0.3) is 0 Å². The largest absolute Gasteiger partial charge is 0.513 e. The minimum Gasteiger partial charge on any atom is -0.480 e. The first-order valence-electron chi connectivity index (χ1n) is 14.8. The average Bonchev–Trinajstić information content (AvgIpc) is 2.95. The Hall–Kier alpha value is -3.54. The van der Waals surface area contributed by atoms with Crippen LogP contribution in [0.4, 0.5) is 14.4 Å². The molecule has 0 aromatic heterocycles. The van der Waals surface area contributed by atoms with Crippen LogP contribution >= 0.6 is 0 Å². The van der Waals surface area contributed by atoms with E-state index in [-0.39, 0.29) is 43.2 Å². The number of ether oxygens (including phenoxy) is 6. The summed E-state index contributed by atoms with van der Waals surface area (Å²) in [6.45, 7) is 15.4.